The van der Waals surface area contributed by atoms with Gasteiger partial charge < -0.3 is 5.32 Å². The quantitative estimate of drug-likeness (QED) is 0.809. The summed E-state index contributed by atoms with van der Waals surface area (Å²) >= 11 is 0. The maximum Gasteiger partial charge on any atom is 0.407 e. The zero-order valence-corrected chi connectivity index (χ0v) is 11.8. The van der Waals surface area contributed by atoms with Crippen LogP contribution in [0.5, 0.6) is 0 Å². The van der Waals surface area contributed by atoms with Crippen LogP contribution in [-0.4, -0.2) is 12.7 Å². The lowest BCUT2D eigenvalue weighted by Gasteiger charge is -2.24. The molecular weight excluding hydrogens is 251 g/mol. The minimum Gasteiger partial charge on any atom is -0.302 e. The second-order valence-corrected chi connectivity index (χ2v) is 4.67. The number of rotatable bonds is 6. The van der Waals surface area contributed by atoms with Crippen molar-refractivity contribution in [1.82, 2.24) is 5.32 Å². The normalized spacial score (nSPS) is 13.6. The van der Waals surface area contributed by atoms with Gasteiger partial charge in [0.2, 0.25) is 0 Å². The minimum absolute atomic E-state index is 0.365. The number of hydrogen-bond donors (Lipinski definition) is 1. The number of nitrogens with one attached hydrogen (secondary N) is 1. The molecule has 0 radical (unpaired) electrons. The Morgan fingerprint density at radius 2 is 1.79 bits per heavy atom. The molecule has 19 heavy (non-hydrogen) atoms. The zero-order chi connectivity index (χ0) is 14.5. The Kier molecular flexibility index (Phi) is 5.85. The van der Waals surface area contributed by atoms with Crippen LogP contribution in [0, 0.1) is 0 Å². The van der Waals surface area contributed by atoms with Crippen LogP contribution in [0.2, 0.25) is 0 Å². The van der Waals surface area contributed by atoms with E-state index in [0.29, 0.717) is 24.9 Å². The molecule has 1 unspecified atom stereocenters. The standard InChI is InChI=1S/C15H22F3N/c1-4-9-19-14(15(16,17)18)13-10-11(5-2)7-8-12(13)6-3/h7-8,10,14,19H,4-6,9H2,1-3H3. The highest BCUT2D eigenvalue weighted by Gasteiger charge is 2.41. The third-order valence-electron chi connectivity index (χ3n) is 3.24. The van der Waals surface area contributed by atoms with Gasteiger partial charge in [0.1, 0.15) is 6.04 Å². The molecule has 1 aromatic carbocycles. The van der Waals surface area contributed by atoms with Crippen molar-refractivity contribution in [1.29, 1.82) is 0 Å². The van der Waals surface area contributed by atoms with Crippen LogP contribution in [0.3, 0.4) is 0 Å². The average Bonchev–Trinajstić information content (AvgIpc) is 2.37. The molecule has 0 aliphatic heterocycles. The van der Waals surface area contributed by atoms with Gasteiger partial charge in [-0.2, -0.15) is 13.2 Å². The summed E-state index contributed by atoms with van der Waals surface area (Å²) < 4.78 is 39.7. The first-order valence-corrected chi connectivity index (χ1v) is 6.85. The molecule has 0 heterocycles. The van der Waals surface area contributed by atoms with Crippen LogP contribution < -0.4 is 5.32 Å². The third-order valence-corrected chi connectivity index (χ3v) is 3.24. The minimum atomic E-state index is -4.26. The van der Waals surface area contributed by atoms with Crippen molar-refractivity contribution in [3.8, 4) is 0 Å². The summed E-state index contributed by atoms with van der Waals surface area (Å²) in [5, 5.41) is 2.63. The van der Waals surface area contributed by atoms with E-state index in [1.165, 1.54) is 0 Å². The van der Waals surface area contributed by atoms with E-state index in [0.717, 1.165) is 17.5 Å². The Hall–Kier alpha value is -1.03. The van der Waals surface area contributed by atoms with Gasteiger partial charge in [0.05, 0.1) is 0 Å². The molecule has 0 aliphatic rings. The maximum atomic E-state index is 13.2. The summed E-state index contributed by atoms with van der Waals surface area (Å²) in [4.78, 5) is 0. The second-order valence-electron chi connectivity index (χ2n) is 4.67. The van der Waals surface area contributed by atoms with Gasteiger partial charge in [-0.05, 0) is 42.5 Å². The summed E-state index contributed by atoms with van der Waals surface area (Å²) in [5.41, 5.74) is 2.09. The average molecular weight is 273 g/mol. The van der Waals surface area contributed by atoms with Gasteiger partial charge in [0.15, 0.2) is 0 Å². The highest BCUT2D eigenvalue weighted by Crippen LogP contribution is 2.35. The van der Waals surface area contributed by atoms with Gasteiger partial charge in [-0.3, -0.25) is 0 Å². The number of benzene rings is 1. The number of alkyl halides is 3. The first-order valence-electron chi connectivity index (χ1n) is 6.85. The van der Waals surface area contributed by atoms with Crippen LogP contribution in [0.15, 0.2) is 18.2 Å². The fourth-order valence-electron chi connectivity index (χ4n) is 2.15. The zero-order valence-electron chi connectivity index (χ0n) is 11.8. The summed E-state index contributed by atoms with van der Waals surface area (Å²) in [7, 11) is 0. The lowest BCUT2D eigenvalue weighted by atomic mass is 9.95. The van der Waals surface area contributed by atoms with Gasteiger partial charge in [0.25, 0.3) is 0 Å². The van der Waals surface area contributed by atoms with Gasteiger partial charge >= 0.3 is 6.18 Å². The van der Waals surface area contributed by atoms with E-state index in [1.807, 2.05) is 32.9 Å². The molecule has 0 bridgehead atoms. The summed E-state index contributed by atoms with van der Waals surface area (Å²) in [6, 6.07) is 3.87. The van der Waals surface area contributed by atoms with Crippen molar-refractivity contribution in [3.63, 3.8) is 0 Å². The van der Waals surface area contributed by atoms with Crippen LogP contribution >= 0.6 is 0 Å². The topological polar surface area (TPSA) is 12.0 Å². The van der Waals surface area contributed by atoms with E-state index in [-0.39, 0.29) is 0 Å². The lowest BCUT2D eigenvalue weighted by molar-refractivity contribution is -0.157. The number of hydrogen-bond acceptors (Lipinski definition) is 1. The fourth-order valence-corrected chi connectivity index (χ4v) is 2.15. The van der Waals surface area contributed by atoms with Crippen LogP contribution in [-0.2, 0) is 12.8 Å². The lowest BCUT2D eigenvalue weighted by Crippen LogP contribution is -2.35. The molecular formula is C15H22F3N. The predicted molar refractivity (Wildman–Crippen MR) is 72.3 cm³/mol. The number of halogens is 3. The Balaban J connectivity index is 3.19. The molecule has 0 spiro atoms. The Bertz CT molecular complexity index is 399. The van der Waals surface area contributed by atoms with Crippen LogP contribution in [0.25, 0.3) is 0 Å². The summed E-state index contributed by atoms with van der Waals surface area (Å²) in [6.07, 6.45) is -2.22. The molecule has 0 saturated heterocycles. The fraction of sp³-hybridized carbons (Fsp3) is 0.600. The monoisotopic (exact) mass is 273 g/mol. The van der Waals surface area contributed by atoms with Gasteiger partial charge in [-0.1, -0.05) is 39.0 Å². The number of aryl methyl sites for hydroxylation is 2. The highest BCUT2D eigenvalue weighted by molar-refractivity contribution is 5.35. The van der Waals surface area contributed by atoms with Gasteiger partial charge in [-0.25, -0.2) is 0 Å². The van der Waals surface area contributed by atoms with E-state index < -0.39 is 12.2 Å². The maximum absolute atomic E-state index is 13.2. The molecule has 0 aromatic heterocycles. The predicted octanol–water partition coefficient (Wildman–Crippen LogP) is 4.41. The van der Waals surface area contributed by atoms with E-state index in [2.05, 4.69) is 5.32 Å². The molecule has 1 atom stereocenters. The third kappa shape index (κ3) is 4.23. The Labute approximate surface area is 113 Å². The van der Waals surface area contributed by atoms with E-state index >= 15 is 0 Å². The van der Waals surface area contributed by atoms with E-state index in [4.69, 9.17) is 0 Å². The van der Waals surface area contributed by atoms with Crippen molar-refractivity contribution in [2.24, 2.45) is 0 Å². The molecule has 0 aliphatic carbocycles. The Morgan fingerprint density at radius 1 is 1.11 bits per heavy atom. The molecule has 0 amide bonds. The Morgan fingerprint density at radius 3 is 2.26 bits per heavy atom. The van der Waals surface area contributed by atoms with Gasteiger partial charge in [-0.15, -0.1) is 0 Å². The highest BCUT2D eigenvalue weighted by atomic mass is 19.4. The molecule has 4 heteroatoms. The van der Waals surface area contributed by atoms with Crippen LogP contribution in [0.4, 0.5) is 13.2 Å². The smallest absolute Gasteiger partial charge is 0.302 e. The first kappa shape index (κ1) is 16.0. The van der Waals surface area contributed by atoms with E-state index in [1.54, 1.807) is 6.07 Å². The summed E-state index contributed by atoms with van der Waals surface area (Å²) in [6.45, 7) is 6.07. The second kappa shape index (κ2) is 6.94. The largest absolute Gasteiger partial charge is 0.407 e. The SMILES string of the molecule is CCCNC(c1cc(CC)ccc1CC)C(F)(F)F. The van der Waals surface area contributed by atoms with E-state index in [9.17, 15) is 13.2 Å². The summed E-state index contributed by atoms with van der Waals surface area (Å²) in [5.74, 6) is 0. The molecule has 0 fully saturated rings. The van der Waals surface area contributed by atoms with Crippen molar-refractivity contribution in [2.45, 2.75) is 52.3 Å². The molecule has 1 aromatic rings. The molecule has 108 valence electrons. The molecule has 1 N–H and O–H groups in total. The van der Waals surface area contributed by atoms with Crippen molar-refractivity contribution >= 4 is 0 Å². The van der Waals surface area contributed by atoms with Crippen molar-refractivity contribution in [3.05, 3.63) is 34.9 Å². The van der Waals surface area contributed by atoms with Gasteiger partial charge in [0, 0.05) is 0 Å². The van der Waals surface area contributed by atoms with Crippen molar-refractivity contribution in [2.75, 3.05) is 6.54 Å². The van der Waals surface area contributed by atoms with Crippen molar-refractivity contribution < 1.29 is 13.2 Å². The molecule has 1 rings (SSSR count). The van der Waals surface area contributed by atoms with Crippen LogP contribution in [0.1, 0.15) is 49.9 Å². The first-order chi connectivity index (χ1) is 8.93. The molecule has 0 saturated carbocycles. The molecule has 1 nitrogen and oxygen atoms in total.